The summed E-state index contributed by atoms with van der Waals surface area (Å²) in [5.74, 6) is 0.942. The molecule has 0 saturated heterocycles. The van der Waals surface area contributed by atoms with Crippen molar-refractivity contribution in [2.75, 3.05) is 19.3 Å². The number of rotatable bonds is 7. The van der Waals surface area contributed by atoms with Gasteiger partial charge in [0.25, 0.3) is 0 Å². The van der Waals surface area contributed by atoms with E-state index in [1.54, 1.807) is 0 Å². The van der Waals surface area contributed by atoms with E-state index in [-0.39, 0.29) is 0 Å². The first-order valence-corrected chi connectivity index (χ1v) is 8.05. The first-order chi connectivity index (χ1) is 8.98. The Balaban J connectivity index is 2.76. The van der Waals surface area contributed by atoms with Crippen LogP contribution in [0, 0.1) is 5.41 Å². The van der Waals surface area contributed by atoms with Gasteiger partial charge in [0.15, 0.2) is 0 Å². The van der Waals surface area contributed by atoms with Crippen molar-refractivity contribution in [3.8, 4) is 0 Å². The first kappa shape index (κ1) is 16.9. The molecular formula is C16H26ClNS. The van der Waals surface area contributed by atoms with Crippen LogP contribution in [0.3, 0.4) is 0 Å². The number of benzene rings is 1. The average molecular weight is 300 g/mol. The van der Waals surface area contributed by atoms with Crippen LogP contribution in [-0.4, -0.2) is 24.2 Å². The van der Waals surface area contributed by atoms with Gasteiger partial charge in [0.2, 0.25) is 0 Å². The second kappa shape index (κ2) is 7.56. The van der Waals surface area contributed by atoms with E-state index in [0.717, 1.165) is 17.3 Å². The molecule has 0 aliphatic carbocycles. The van der Waals surface area contributed by atoms with Crippen LogP contribution in [0.5, 0.6) is 0 Å². The van der Waals surface area contributed by atoms with Gasteiger partial charge < -0.3 is 0 Å². The molecule has 1 unspecified atom stereocenters. The Hall–Kier alpha value is -0.180. The summed E-state index contributed by atoms with van der Waals surface area (Å²) in [7, 11) is 2.20. The molecule has 0 N–H and O–H groups in total. The van der Waals surface area contributed by atoms with Crippen molar-refractivity contribution in [1.82, 2.24) is 4.90 Å². The molecule has 0 aromatic heterocycles. The van der Waals surface area contributed by atoms with Gasteiger partial charge in [-0.25, -0.2) is 0 Å². The van der Waals surface area contributed by atoms with Crippen LogP contribution >= 0.6 is 24.2 Å². The summed E-state index contributed by atoms with van der Waals surface area (Å²) in [6, 6.07) is 8.56. The van der Waals surface area contributed by atoms with E-state index in [2.05, 4.69) is 57.5 Å². The molecule has 1 rings (SSSR count). The first-order valence-electron chi connectivity index (χ1n) is 7.04. The molecule has 0 bridgehead atoms. The zero-order chi connectivity index (χ0) is 14.5. The maximum absolute atomic E-state index is 5.95. The van der Waals surface area contributed by atoms with Gasteiger partial charge in [0.05, 0.1) is 0 Å². The highest BCUT2D eigenvalue weighted by molar-refractivity contribution is 7.80. The van der Waals surface area contributed by atoms with Crippen molar-refractivity contribution >= 4 is 24.2 Å². The summed E-state index contributed by atoms with van der Waals surface area (Å²) in [5.41, 5.74) is 1.63. The van der Waals surface area contributed by atoms with E-state index in [1.165, 1.54) is 18.4 Å². The summed E-state index contributed by atoms with van der Waals surface area (Å²) >= 11 is 10.5. The fourth-order valence-electron chi connectivity index (χ4n) is 2.41. The fourth-order valence-corrected chi connectivity index (χ4v) is 3.08. The third-order valence-corrected chi connectivity index (χ3v) is 5.36. The number of hydrogen-bond donors (Lipinski definition) is 1. The van der Waals surface area contributed by atoms with E-state index in [0.29, 0.717) is 11.5 Å². The lowest BCUT2D eigenvalue weighted by Crippen LogP contribution is -2.37. The SMILES string of the molecule is CCC(CC)(CS)CN(C)C(C)c1ccc(Cl)cc1. The van der Waals surface area contributed by atoms with Gasteiger partial charge in [0.1, 0.15) is 0 Å². The Kier molecular flexibility index (Phi) is 6.72. The minimum atomic E-state index is 0.318. The minimum Gasteiger partial charge on any atom is -0.299 e. The third kappa shape index (κ3) is 4.40. The van der Waals surface area contributed by atoms with Crippen molar-refractivity contribution < 1.29 is 0 Å². The Bertz CT molecular complexity index is 365. The molecule has 3 heteroatoms. The summed E-state index contributed by atoms with van der Waals surface area (Å²) in [4.78, 5) is 2.42. The Morgan fingerprint density at radius 2 is 1.74 bits per heavy atom. The molecule has 19 heavy (non-hydrogen) atoms. The van der Waals surface area contributed by atoms with Crippen molar-refractivity contribution in [3.63, 3.8) is 0 Å². The van der Waals surface area contributed by atoms with Crippen LogP contribution < -0.4 is 0 Å². The van der Waals surface area contributed by atoms with Gasteiger partial charge in [-0.2, -0.15) is 12.6 Å². The van der Waals surface area contributed by atoms with Gasteiger partial charge >= 0.3 is 0 Å². The molecule has 0 spiro atoms. The number of hydrogen-bond acceptors (Lipinski definition) is 2. The smallest absolute Gasteiger partial charge is 0.0406 e. The van der Waals surface area contributed by atoms with E-state index in [9.17, 15) is 0 Å². The van der Waals surface area contributed by atoms with Crippen LogP contribution in [0.4, 0.5) is 0 Å². The maximum Gasteiger partial charge on any atom is 0.0406 e. The lowest BCUT2D eigenvalue weighted by Gasteiger charge is -2.37. The van der Waals surface area contributed by atoms with E-state index in [1.807, 2.05) is 12.1 Å². The van der Waals surface area contributed by atoms with Crippen molar-refractivity contribution in [3.05, 3.63) is 34.9 Å². The molecule has 0 fully saturated rings. The zero-order valence-electron chi connectivity index (χ0n) is 12.5. The number of thiol groups is 1. The molecular weight excluding hydrogens is 274 g/mol. The van der Waals surface area contributed by atoms with E-state index >= 15 is 0 Å². The summed E-state index contributed by atoms with van der Waals surface area (Å²) in [6.07, 6.45) is 2.34. The summed E-state index contributed by atoms with van der Waals surface area (Å²) < 4.78 is 0. The Morgan fingerprint density at radius 1 is 1.21 bits per heavy atom. The molecule has 0 amide bonds. The van der Waals surface area contributed by atoms with Gasteiger partial charge in [0, 0.05) is 17.6 Å². The molecule has 1 atom stereocenters. The topological polar surface area (TPSA) is 3.24 Å². The van der Waals surface area contributed by atoms with Crippen molar-refractivity contribution in [1.29, 1.82) is 0 Å². The van der Waals surface area contributed by atoms with E-state index in [4.69, 9.17) is 11.6 Å². The maximum atomic E-state index is 5.95. The Morgan fingerprint density at radius 3 is 2.16 bits per heavy atom. The standard InChI is InChI=1S/C16H26ClNS/c1-5-16(6-2,12-19)11-18(4)13(3)14-7-9-15(17)10-8-14/h7-10,13,19H,5-6,11-12H2,1-4H3. The highest BCUT2D eigenvalue weighted by atomic mass is 35.5. The molecule has 0 aliphatic heterocycles. The number of halogens is 1. The molecule has 1 nitrogen and oxygen atoms in total. The Labute approximate surface area is 128 Å². The third-order valence-electron chi connectivity index (χ3n) is 4.43. The highest BCUT2D eigenvalue weighted by Gasteiger charge is 2.27. The van der Waals surface area contributed by atoms with Crippen LogP contribution in [-0.2, 0) is 0 Å². The lowest BCUT2D eigenvalue weighted by atomic mass is 9.83. The van der Waals surface area contributed by atoms with Gasteiger partial charge in [-0.05, 0) is 55.7 Å². The average Bonchev–Trinajstić information content (AvgIpc) is 2.45. The van der Waals surface area contributed by atoms with Crippen LogP contribution in [0.1, 0.15) is 45.2 Å². The van der Waals surface area contributed by atoms with Crippen LogP contribution in [0.15, 0.2) is 24.3 Å². The second-order valence-electron chi connectivity index (χ2n) is 5.51. The second-order valence-corrected chi connectivity index (χ2v) is 6.26. The molecule has 108 valence electrons. The number of nitrogens with zero attached hydrogens (tertiary/aromatic N) is 1. The monoisotopic (exact) mass is 299 g/mol. The fraction of sp³-hybridized carbons (Fsp3) is 0.625. The van der Waals surface area contributed by atoms with Gasteiger partial charge in [-0.1, -0.05) is 37.6 Å². The van der Waals surface area contributed by atoms with Crippen LogP contribution in [0.2, 0.25) is 5.02 Å². The molecule has 1 aromatic carbocycles. The molecule has 0 saturated carbocycles. The predicted octanol–water partition coefficient (Wildman–Crippen LogP) is 5.07. The van der Waals surface area contributed by atoms with Crippen LogP contribution in [0.25, 0.3) is 0 Å². The molecule has 0 heterocycles. The largest absolute Gasteiger partial charge is 0.299 e. The predicted molar refractivity (Wildman–Crippen MR) is 89.4 cm³/mol. The highest BCUT2D eigenvalue weighted by Crippen LogP contribution is 2.31. The van der Waals surface area contributed by atoms with Crippen molar-refractivity contribution in [2.45, 2.75) is 39.7 Å². The quantitative estimate of drug-likeness (QED) is 0.688. The van der Waals surface area contributed by atoms with Crippen molar-refractivity contribution in [2.24, 2.45) is 5.41 Å². The molecule has 1 aromatic rings. The van der Waals surface area contributed by atoms with E-state index < -0.39 is 0 Å². The minimum absolute atomic E-state index is 0.318. The zero-order valence-corrected chi connectivity index (χ0v) is 14.1. The summed E-state index contributed by atoms with van der Waals surface area (Å²) in [5, 5.41) is 0.797. The molecule has 0 radical (unpaired) electrons. The molecule has 0 aliphatic rings. The van der Waals surface area contributed by atoms with Gasteiger partial charge in [-0.15, -0.1) is 0 Å². The lowest BCUT2D eigenvalue weighted by molar-refractivity contribution is 0.150. The normalized spacial score (nSPS) is 13.8. The summed E-state index contributed by atoms with van der Waals surface area (Å²) in [6.45, 7) is 7.85. The van der Waals surface area contributed by atoms with Gasteiger partial charge in [-0.3, -0.25) is 4.90 Å².